The molecule has 0 aliphatic carbocycles. The molecular formula is C39H31BN4. The molecule has 1 atom stereocenters. The van der Waals surface area contributed by atoms with E-state index in [1.165, 1.54) is 0 Å². The minimum Gasteiger partial charge on any atom is -0.284 e. The molecule has 2 radical (unpaired) electrons. The molecule has 6 rings (SSSR count). The lowest BCUT2D eigenvalue weighted by Gasteiger charge is -2.15. The Balaban J connectivity index is 1.33. The number of aliphatic imine (C=N–C) groups is 4. The summed E-state index contributed by atoms with van der Waals surface area (Å²) in [6.45, 7) is 5.06. The van der Waals surface area contributed by atoms with Crippen LogP contribution in [0.3, 0.4) is 0 Å². The van der Waals surface area contributed by atoms with Crippen molar-refractivity contribution in [1.82, 2.24) is 0 Å². The van der Waals surface area contributed by atoms with Gasteiger partial charge in [-0.2, -0.15) is 0 Å². The zero-order chi connectivity index (χ0) is 30.1. The third-order valence-corrected chi connectivity index (χ3v) is 7.52. The van der Waals surface area contributed by atoms with Crippen molar-refractivity contribution in [3.8, 4) is 22.3 Å². The molecule has 5 aromatic rings. The van der Waals surface area contributed by atoms with Gasteiger partial charge in [-0.1, -0.05) is 133 Å². The molecular weight excluding hydrogens is 535 g/mol. The van der Waals surface area contributed by atoms with E-state index in [9.17, 15) is 0 Å². The fourth-order valence-corrected chi connectivity index (χ4v) is 5.14. The highest BCUT2D eigenvalue weighted by Gasteiger charge is 2.14. The van der Waals surface area contributed by atoms with E-state index in [1.807, 2.05) is 84.9 Å². The second kappa shape index (κ2) is 13.7. The Kier molecular flexibility index (Phi) is 8.94. The molecule has 1 unspecified atom stereocenters. The van der Waals surface area contributed by atoms with Crippen LogP contribution in [0, 0.1) is 5.92 Å². The summed E-state index contributed by atoms with van der Waals surface area (Å²) in [6.07, 6.45) is 4.25. The Morgan fingerprint density at radius 2 is 1.23 bits per heavy atom. The Labute approximate surface area is 260 Å². The van der Waals surface area contributed by atoms with Gasteiger partial charge in [-0.3, -0.25) is 9.98 Å². The van der Waals surface area contributed by atoms with Gasteiger partial charge in [0.25, 0.3) is 0 Å². The Hall–Kier alpha value is -5.42. The number of hydrogen-bond donors (Lipinski definition) is 0. The minimum atomic E-state index is 0.150. The molecule has 0 N–H and O–H groups in total. The number of rotatable bonds is 7. The molecule has 0 saturated carbocycles. The zero-order valence-corrected chi connectivity index (χ0v) is 24.4. The molecule has 210 valence electrons. The predicted octanol–water partition coefficient (Wildman–Crippen LogP) is 7.38. The first-order valence-electron chi connectivity index (χ1n) is 14.7. The number of dihydropyridines is 1. The monoisotopic (exact) mass is 566 g/mol. The molecule has 5 aromatic carbocycles. The van der Waals surface area contributed by atoms with Gasteiger partial charge in [0, 0.05) is 30.1 Å². The van der Waals surface area contributed by atoms with Crippen molar-refractivity contribution in [2.45, 2.75) is 0 Å². The van der Waals surface area contributed by atoms with Crippen LogP contribution in [0.4, 0.5) is 0 Å². The molecule has 0 fully saturated rings. The van der Waals surface area contributed by atoms with Gasteiger partial charge in [-0.25, -0.2) is 9.98 Å². The number of amidine groups is 2. The van der Waals surface area contributed by atoms with E-state index >= 15 is 0 Å². The molecule has 1 aliphatic heterocycles. The van der Waals surface area contributed by atoms with Crippen LogP contribution < -0.4 is 5.46 Å². The quantitative estimate of drug-likeness (QED) is 0.112. The van der Waals surface area contributed by atoms with E-state index in [4.69, 9.17) is 22.8 Å². The zero-order valence-electron chi connectivity index (χ0n) is 24.4. The number of allylic oxidation sites excluding steroid dienone is 1. The van der Waals surface area contributed by atoms with Crippen LogP contribution >= 0.6 is 0 Å². The van der Waals surface area contributed by atoms with Crippen molar-refractivity contribution >= 4 is 37.4 Å². The Morgan fingerprint density at radius 3 is 1.77 bits per heavy atom. The molecule has 0 bridgehead atoms. The summed E-state index contributed by atoms with van der Waals surface area (Å²) in [6, 6.07) is 44.9. The van der Waals surface area contributed by atoms with E-state index in [-0.39, 0.29) is 5.92 Å². The SMILES string of the molecule is [B]c1ccc(C2=NCC(CN=C(N=C(N=C)c3cccc(-c4ccccc4)c3)c3cccc(-c4ccccc4)c3)C=C2)cc1. The van der Waals surface area contributed by atoms with E-state index in [0.717, 1.165) is 50.1 Å². The number of hydrogen-bond acceptors (Lipinski definition) is 2. The van der Waals surface area contributed by atoms with Crippen LogP contribution in [0.15, 0.2) is 166 Å². The molecule has 0 amide bonds. The van der Waals surface area contributed by atoms with Gasteiger partial charge in [-0.05, 0) is 52.7 Å². The van der Waals surface area contributed by atoms with Crippen LogP contribution in [0.2, 0.25) is 0 Å². The standard InChI is InChI=1S/C39H31BN4/c1-41-38(34-16-8-14-32(24-34)29-10-4-2-5-11-29)44-39(35-17-9-15-33(25-35)30-12-6-3-7-13-30)43-27-28-18-23-37(42-26-28)31-19-21-36(40)22-20-31/h2-25,28H,1,26-27H2. The van der Waals surface area contributed by atoms with E-state index < -0.39 is 0 Å². The van der Waals surface area contributed by atoms with Gasteiger partial charge in [-0.15, -0.1) is 0 Å². The minimum absolute atomic E-state index is 0.150. The van der Waals surface area contributed by atoms with Crippen LogP contribution in [-0.4, -0.2) is 45.0 Å². The molecule has 1 aliphatic rings. The summed E-state index contributed by atoms with van der Waals surface area (Å²) in [4.78, 5) is 19.3. The highest BCUT2D eigenvalue weighted by Crippen LogP contribution is 2.23. The summed E-state index contributed by atoms with van der Waals surface area (Å²) >= 11 is 0. The Bertz CT molecular complexity index is 1870. The normalized spacial score (nSPS) is 15.1. The smallest absolute Gasteiger partial charge is 0.161 e. The van der Waals surface area contributed by atoms with Crippen molar-refractivity contribution in [3.63, 3.8) is 0 Å². The fourth-order valence-electron chi connectivity index (χ4n) is 5.14. The van der Waals surface area contributed by atoms with Gasteiger partial charge in [0.1, 0.15) is 7.85 Å². The highest BCUT2D eigenvalue weighted by molar-refractivity contribution is 6.32. The fraction of sp³-hybridized carbons (Fsp3) is 0.0769. The van der Waals surface area contributed by atoms with Gasteiger partial charge in [0.05, 0.1) is 5.71 Å². The maximum Gasteiger partial charge on any atom is 0.161 e. The third-order valence-electron chi connectivity index (χ3n) is 7.52. The van der Waals surface area contributed by atoms with Gasteiger partial charge >= 0.3 is 0 Å². The van der Waals surface area contributed by atoms with Gasteiger partial charge in [0.15, 0.2) is 11.7 Å². The first-order valence-corrected chi connectivity index (χ1v) is 14.7. The second-order valence-corrected chi connectivity index (χ2v) is 10.6. The van der Waals surface area contributed by atoms with Gasteiger partial charge < -0.3 is 0 Å². The first-order chi connectivity index (χ1) is 21.7. The van der Waals surface area contributed by atoms with Crippen molar-refractivity contribution in [2.75, 3.05) is 13.1 Å². The van der Waals surface area contributed by atoms with Crippen molar-refractivity contribution in [1.29, 1.82) is 0 Å². The topological polar surface area (TPSA) is 49.4 Å². The van der Waals surface area contributed by atoms with Gasteiger partial charge in [0.2, 0.25) is 0 Å². The third kappa shape index (κ3) is 6.96. The van der Waals surface area contributed by atoms with Crippen LogP contribution in [0.5, 0.6) is 0 Å². The molecule has 5 heteroatoms. The second-order valence-electron chi connectivity index (χ2n) is 10.6. The molecule has 0 aromatic heterocycles. The van der Waals surface area contributed by atoms with E-state index in [1.54, 1.807) is 0 Å². The lowest BCUT2D eigenvalue weighted by atomic mass is 9.93. The first kappa shape index (κ1) is 28.7. The van der Waals surface area contributed by atoms with Crippen LogP contribution in [0.1, 0.15) is 16.7 Å². The van der Waals surface area contributed by atoms with Crippen LogP contribution in [0.25, 0.3) is 22.3 Å². The predicted molar refractivity (Wildman–Crippen MR) is 187 cm³/mol. The average molecular weight is 567 g/mol. The summed E-state index contributed by atoms with van der Waals surface area (Å²) in [7, 11) is 5.86. The molecule has 44 heavy (non-hydrogen) atoms. The van der Waals surface area contributed by atoms with Crippen molar-refractivity contribution < 1.29 is 0 Å². The maximum atomic E-state index is 5.86. The number of nitrogens with zero attached hydrogens (tertiary/aromatic N) is 4. The summed E-state index contributed by atoms with van der Waals surface area (Å²) < 4.78 is 0. The molecule has 4 nitrogen and oxygen atoms in total. The van der Waals surface area contributed by atoms with Crippen molar-refractivity contribution in [2.24, 2.45) is 25.9 Å². The molecule has 0 saturated heterocycles. The molecule has 0 spiro atoms. The van der Waals surface area contributed by atoms with E-state index in [0.29, 0.717) is 24.8 Å². The highest BCUT2D eigenvalue weighted by atomic mass is 15.0. The lowest BCUT2D eigenvalue weighted by molar-refractivity contribution is 0.672. The average Bonchev–Trinajstić information content (AvgIpc) is 3.10. The van der Waals surface area contributed by atoms with Crippen molar-refractivity contribution in [3.05, 3.63) is 162 Å². The largest absolute Gasteiger partial charge is 0.284 e. The molecule has 1 heterocycles. The summed E-state index contributed by atoms with van der Waals surface area (Å²) in [5.41, 5.74) is 8.99. The maximum absolute atomic E-state index is 5.86. The summed E-state index contributed by atoms with van der Waals surface area (Å²) in [5, 5.41) is 0. The van der Waals surface area contributed by atoms with Crippen LogP contribution in [-0.2, 0) is 0 Å². The summed E-state index contributed by atoms with van der Waals surface area (Å²) in [5.74, 6) is 1.28. The number of benzene rings is 5. The Morgan fingerprint density at radius 1 is 0.659 bits per heavy atom. The lowest BCUT2D eigenvalue weighted by Crippen LogP contribution is -2.15. The van der Waals surface area contributed by atoms with E-state index in [2.05, 4.69) is 72.4 Å².